The van der Waals surface area contributed by atoms with E-state index in [1.807, 2.05) is 48.1 Å². The Morgan fingerprint density at radius 1 is 1.22 bits per heavy atom. The van der Waals surface area contributed by atoms with Gasteiger partial charge in [-0.3, -0.25) is 14.5 Å². The van der Waals surface area contributed by atoms with Gasteiger partial charge in [-0.2, -0.15) is 0 Å². The van der Waals surface area contributed by atoms with E-state index in [0.29, 0.717) is 28.9 Å². The van der Waals surface area contributed by atoms with Crippen molar-refractivity contribution in [3.8, 4) is 0 Å². The average Bonchev–Trinajstić information content (AvgIpc) is 3.35. The summed E-state index contributed by atoms with van der Waals surface area (Å²) in [5, 5.41) is 5.89. The molecule has 0 saturated heterocycles. The molecule has 1 fully saturated rings. The summed E-state index contributed by atoms with van der Waals surface area (Å²) in [4.78, 5) is 29.5. The third-order valence-electron chi connectivity index (χ3n) is 7.23. The Bertz CT molecular complexity index is 1220. The minimum absolute atomic E-state index is 0.105. The number of benzene rings is 1. The normalized spacial score (nSPS) is 25.8. The molecule has 2 aliphatic rings. The maximum Gasteiger partial charge on any atom is 0.275 e. The molecule has 1 aliphatic carbocycles. The van der Waals surface area contributed by atoms with Crippen LogP contribution in [0.25, 0.3) is 10.2 Å². The Kier molecular flexibility index (Phi) is 5.33. The quantitative estimate of drug-likeness (QED) is 0.528. The minimum atomic E-state index is -1.08. The van der Waals surface area contributed by atoms with Crippen LogP contribution in [0.1, 0.15) is 55.6 Å². The van der Waals surface area contributed by atoms with Gasteiger partial charge in [0.15, 0.2) is 0 Å². The van der Waals surface area contributed by atoms with E-state index >= 15 is 0 Å². The van der Waals surface area contributed by atoms with Gasteiger partial charge in [0.2, 0.25) is 5.91 Å². The molecule has 1 aromatic carbocycles. The lowest BCUT2D eigenvalue weighted by Crippen LogP contribution is -2.66. The third kappa shape index (κ3) is 3.35. The van der Waals surface area contributed by atoms with Crippen LogP contribution in [0.3, 0.4) is 0 Å². The number of thiophene rings is 1. The fraction of sp³-hybridized carbons (Fsp3) is 0.440. The fourth-order valence-corrected chi connectivity index (χ4v) is 6.26. The van der Waals surface area contributed by atoms with Gasteiger partial charge in [0.25, 0.3) is 5.91 Å². The van der Waals surface area contributed by atoms with Crippen molar-refractivity contribution < 1.29 is 9.59 Å². The average molecular weight is 470 g/mol. The number of anilines is 1. The first-order chi connectivity index (χ1) is 15.3. The molecular weight excluding hydrogens is 442 g/mol. The predicted octanol–water partition coefficient (Wildman–Crippen LogP) is 5.78. The Morgan fingerprint density at radius 2 is 2.00 bits per heavy atom. The second kappa shape index (κ2) is 7.92. The number of rotatable bonds is 3. The molecule has 168 valence electrons. The van der Waals surface area contributed by atoms with Crippen LogP contribution in [0, 0.1) is 12.8 Å². The molecule has 0 radical (unpaired) electrons. The van der Waals surface area contributed by atoms with E-state index < -0.39 is 5.54 Å². The SMILES string of the molecule is Cc1ccc(Cl)cc1N1C(=O)c2cc3sccc3n2C[C@]1(C)C(=O)N[C@H]1CCCC[C@@H]1C. The first-order valence-electron chi connectivity index (χ1n) is 11.3. The Hall–Kier alpha value is -2.31. The zero-order valence-corrected chi connectivity index (χ0v) is 20.2. The van der Waals surface area contributed by atoms with Gasteiger partial charge in [0, 0.05) is 16.8 Å². The summed E-state index contributed by atoms with van der Waals surface area (Å²) in [6.45, 7) is 6.44. The standard InChI is InChI=1S/C25H28ClN3O2S/c1-15-6-4-5-7-18(15)27-24(31)25(3)14-28-19-10-11-32-22(19)13-21(28)23(30)29(25)20-12-17(26)9-8-16(20)2/h8-13,15,18H,4-7,14H2,1-3H3,(H,27,31)/t15-,18-,25+/m0/s1. The van der Waals surface area contributed by atoms with Gasteiger partial charge in [0.1, 0.15) is 11.2 Å². The second-order valence-electron chi connectivity index (χ2n) is 9.47. The number of hydrogen-bond acceptors (Lipinski definition) is 3. The largest absolute Gasteiger partial charge is 0.351 e. The molecule has 7 heteroatoms. The van der Waals surface area contributed by atoms with Crippen molar-refractivity contribution in [3.63, 3.8) is 0 Å². The molecule has 5 nitrogen and oxygen atoms in total. The van der Waals surface area contributed by atoms with Crippen molar-refractivity contribution in [1.82, 2.24) is 9.88 Å². The number of carbonyl (C=O) groups excluding carboxylic acids is 2. The highest BCUT2D eigenvalue weighted by atomic mass is 35.5. The van der Waals surface area contributed by atoms with Gasteiger partial charge in [-0.25, -0.2) is 0 Å². The Labute approximate surface area is 197 Å². The summed E-state index contributed by atoms with van der Waals surface area (Å²) in [7, 11) is 0. The van der Waals surface area contributed by atoms with Crippen molar-refractivity contribution in [3.05, 3.63) is 52.0 Å². The highest BCUT2D eigenvalue weighted by molar-refractivity contribution is 7.17. The highest BCUT2D eigenvalue weighted by Gasteiger charge is 2.49. The lowest BCUT2D eigenvalue weighted by molar-refractivity contribution is -0.127. The van der Waals surface area contributed by atoms with Crippen LogP contribution >= 0.6 is 22.9 Å². The number of amides is 2. The summed E-state index contributed by atoms with van der Waals surface area (Å²) in [6, 6.07) is 9.62. The van der Waals surface area contributed by atoms with E-state index in [9.17, 15) is 9.59 Å². The van der Waals surface area contributed by atoms with Crippen LogP contribution in [0.4, 0.5) is 5.69 Å². The van der Waals surface area contributed by atoms with Gasteiger partial charge in [-0.15, -0.1) is 11.3 Å². The van der Waals surface area contributed by atoms with E-state index in [1.54, 1.807) is 22.3 Å². The predicted molar refractivity (Wildman–Crippen MR) is 131 cm³/mol. The molecule has 1 aliphatic heterocycles. The molecule has 3 atom stereocenters. The molecule has 0 unspecified atom stereocenters. The molecular formula is C25H28ClN3O2S. The van der Waals surface area contributed by atoms with Crippen LogP contribution in [0.15, 0.2) is 35.7 Å². The molecule has 3 aromatic rings. The Morgan fingerprint density at radius 3 is 2.78 bits per heavy atom. The Balaban J connectivity index is 1.62. The molecule has 1 saturated carbocycles. The molecule has 3 heterocycles. The number of aryl methyl sites for hydroxylation is 1. The van der Waals surface area contributed by atoms with Crippen LogP contribution in [0.5, 0.6) is 0 Å². The maximum absolute atomic E-state index is 13.9. The van der Waals surface area contributed by atoms with Gasteiger partial charge in [-0.05, 0) is 67.8 Å². The third-order valence-corrected chi connectivity index (χ3v) is 8.32. The zero-order chi connectivity index (χ0) is 22.6. The smallest absolute Gasteiger partial charge is 0.275 e. The van der Waals surface area contributed by atoms with Gasteiger partial charge < -0.3 is 9.88 Å². The number of carbonyl (C=O) groups is 2. The number of fused-ring (bicyclic) bond motifs is 3. The van der Waals surface area contributed by atoms with Crippen LogP contribution in [-0.4, -0.2) is 28.0 Å². The van der Waals surface area contributed by atoms with E-state index in [2.05, 4.69) is 12.2 Å². The lowest BCUT2D eigenvalue weighted by Gasteiger charge is -2.45. The van der Waals surface area contributed by atoms with Gasteiger partial charge >= 0.3 is 0 Å². The summed E-state index contributed by atoms with van der Waals surface area (Å²) < 4.78 is 3.07. The number of nitrogens with zero attached hydrogens (tertiary/aromatic N) is 2. The van der Waals surface area contributed by atoms with Crippen molar-refractivity contribution >= 4 is 50.7 Å². The lowest BCUT2D eigenvalue weighted by atomic mass is 9.84. The summed E-state index contributed by atoms with van der Waals surface area (Å²) in [5.74, 6) is 0.161. The number of halogens is 1. The number of nitrogens with one attached hydrogen (secondary N) is 1. The van der Waals surface area contributed by atoms with E-state index in [1.165, 1.54) is 6.42 Å². The summed E-state index contributed by atoms with van der Waals surface area (Å²) >= 11 is 7.95. The first-order valence-corrected chi connectivity index (χ1v) is 12.5. The summed E-state index contributed by atoms with van der Waals surface area (Å²) in [5.41, 5.74) is 2.14. The summed E-state index contributed by atoms with van der Waals surface area (Å²) in [6.07, 6.45) is 4.44. The van der Waals surface area contributed by atoms with E-state index in [-0.39, 0.29) is 17.9 Å². The van der Waals surface area contributed by atoms with E-state index in [0.717, 1.165) is 35.0 Å². The molecule has 1 N–H and O–H groups in total. The minimum Gasteiger partial charge on any atom is -0.351 e. The van der Waals surface area contributed by atoms with E-state index in [4.69, 9.17) is 11.6 Å². The van der Waals surface area contributed by atoms with Crippen LogP contribution in [-0.2, 0) is 11.3 Å². The second-order valence-corrected chi connectivity index (χ2v) is 10.9. The van der Waals surface area contributed by atoms with Crippen LogP contribution in [0.2, 0.25) is 5.02 Å². The van der Waals surface area contributed by atoms with Crippen molar-refractivity contribution in [2.75, 3.05) is 4.90 Å². The monoisotopic (exact) mass is 469 g/mol. The fourth-order valence-electron chi connectivity index (χ4n) is 5.27. The van der Waals surface area contributed by atoms with Gasteiger partial charge in [-0.1, -0.05) is 37.4 Å². The molecule has 2 amide bonds. The van der Waals surface area contributed by atoms with Crippen molar-refractivity contribution in [2.24, 2.45) is 5.92 Å². The topological polar surface area (TPSA) is 54.3 Å². The molecule has 5 rings (SSSR count). The maximum atomic E-state index is 13.9. The van der Waals surface area contributed by atoms with Crippen molar-refractivity contribution in [2.45, 2.75) is 64.6 Å². The number of hydrogen-bond donors (Lipinski definition) is 1. The van der Waals surface area contributed by atoms with Gasteiger partial charge in [0.05, 0.1) is 16.8 Å². The molecule has 0 spiro atoms. The molecule has 32 heavy (non-hydrogen) atoms. The molecule has 2 aromatic heterocycles. The highest BCUT2D eigenvalue weighted by Crippen LogP contribution is 2.39. The first kappa shape index (κ1) is 21.5. The van der Waals surface area contributed by atoms with Crippen LogP contribution < -0.4 is 10.2 Å². The number of aromatic nitrogens is 1. The molecule has 0 bridgehead atoms. The van der Waals surface area contributed by atoms with Crippen molar-refractivity contribution in [1.29, 1.82) is 0 Å². The zero-order valence-electron chi connectivity index (χ0n) is 18.7.